The maximum atomic E-state index is 12.3. The molecule has 0 fully saturated rings. The third kappa shape index (κ3) is 3.47. The van der Waals surface area contributed by atoms with Crippen molar-refractivity contribution in [1.82, 2.24) is 4.57 Å². The van der Waals surface area contributed by atoms with E-state index in [1.165, 1.54) is 11.3 Å². The first-order chi connectivity index (χ1) is 12.0. The van der Waals surface area contributed by atoms with Gasteiger partial charge in [0.15, 0.2) is 3.95 Å². The number of rotatable bonds is 5. The predicted octanol–water partition coefficient (Wildman–Crippen LogP) is 2.59. The molecule has 5 nitrogen and oxygen atoms in total. The highest BCUT2D eigenvalue weighted by Gasteiger charge is 2.15. The molecule has 3 rings (SSSR count). The Bertz CT molecular complexity index is 1060. The molecule has 0 unspecified atom stereocenters. The number of aromatic nitrogens is 1. The summed E-state index contributed by atoms with van der Waals surface area (Å²) in [6.45, 7) is 6.53. The number of carbonyl (C=O) groups is 1. The smallest absolute Gasteiger partial charge is 0.277 e. The van der Waals surface area contributed by atoms with Crippen molar-refractivity contribution in [2.45, 2.75) is 13.5 Å². The minimum Gasteiger partial charge on any atom is -0.494 e. The molecule has 0 bridgehead atoms. The Kier molecular flexibility index (Phi) is 4.96. The van der Waals surface area contributed by atoms with Gasteiger partial charge in [0.2, 0.25) is 5.88 Å². The number of nitrogens with zero attached hydrogens (tertiary/aromatic N) is 2. The average Bonchev–Trinajstić information content (AvgIpc) is 2.84. The molecule has 2 aromatic rings. The fourth-order valence-electron chi connectivity index (χ4n) is 2.45. The zero-order valence-electron chi connectivity index (χ0n) is 13.6. The van der Waals surface area contributed by atoms with E-state index in [0.29, 0.717) is 32.9 Å². The Balaban J connectivity index is 2.09. The first kappa shape index (κ1) is 17.3. The van der Waals surface area contributed by atoms with Gasteiger partial charge < -0.3 is 9.84 Å². The van der Waals surface area contributed by atoms with Crippen LogP contribution in [0.4, 0.5) is 0 Å². The zero-order chi connectivity index (χ0) is 18.0. The van der Waals surface area contributed by atoms with Crippen LogP contribution in [-0.2, 0) is 11.3 Å². The molecule has 7 heteroatoms. The van der Waals surface area contributed by atoms with Crippen molar-refractivity contribution in [1.29, 1.82) is 0 Å². The molecule has 0 saturated carbocycles. The Morgan fingerprint density at radius 3 is 3.00 bits per heavy atom. The molecule has 1 amide bonds. The Morgan fingerprint density at radius 2 is 2.28 bits per heavy atom. The summed E-state index contributed by atoms with van der Waals surface area (Å²) >= 11 is 6.48. The SMILES string of the molecule is C=CCn1c(O)c(/C=C2/C=c3cc(OCC)ccc3=NC2=O)sc1=S. The number of ether oxygens (including phenoxy) is 1. The van der Waals surface area contributed by atoms with E-state index in [1.54, 1.807) is 34.9 Å². The van der Waals surface area contributed by atoms with Gasteiger partial charge in [-0.05, 0) is 49.5 Å². The van der Waals surface area contributed by atoms with Crippen LogP contribution in [0, 0.1) is 3.95 Å². The zero-order valence-corrected chi connectivity index (χ0v) is 15.2. The largest absolute Gasteiger partial charge is 0.494 e. The van der Waals surface area contributed by atoms with Gasteiger partial charge in [-0.3, -0.25) is 9.36 Å². The summed E-state index contributed by atoms with van der Waals surface area (Å²) in [6, 6.07) is 5.38. The van der Waals surface area contributed by atoms with Crippen LogP contribution in [0.5, 0.6) is 11.6 Å². The minimum atomic E-state index is -0.356. The lowest BCUT2D eigenvalue weighted by Gasteiger charge is -2.06. The van der Waals surface area contributed by atoms with Crippen LogP contribution in [0.2, 0.25) is 0 Å². The van der Waals surface area contributed by atoms with Crippen LogP contribution in [0.25, 0.3) is 12.2 Å². The van der Waals surface area contributed by atoms with Crippen molar-refractivity contribution in [3.8, 4) is 11.6 Å². The molecule has 0 saturated heterocycles. The highest BCUT2D eigenvalue weighted by Crippen LogP contribution is 2.29. The molecule has 1 aliphatic rings. The van der Waals surface area contributed by atoms with E-state index in [1.807, 2.05) is 13.0 Å². The van der Waals surface area contributed by atoms with Gasteiger partial charge in [0.1, 0.15) is 5.75 Å². The van der Waals surface area contributed by atoms with Crippen molar-refractivity contribution in [3.63, 3.8) is 0 Å². The number of thiazole rings is 1. The molecule has 2 heterocycles. The van der Waals surface area contributed by atoms with Crippen LogP contribution in [-0.4, -0.2) is 22.2 Å². The van der Waals surface area contributed by atoms with Gasteiger partial charge in [0, 0.05) is 17.3 Å². The number of allylic oxidation sites excluding steroid dienone is 1. The second kappa shape index (κ2) is 7.16. The monoisotopic (exact) mass is 372 g/mol. The van der Waals surface area contributed by atoms with Gasteiger partial charge in [-0.2, -0.15) is 0 Å². The lowest BCUT2D eigenvalue weighted by Crippen LogP contribution is -2.30. The summed E-state index contributed by atoms with van der Waals surface area (Å²) in [6.07, 6.45) is 5.00. The summed E-state index contributed by atoms with van der Waals surface area (Å²) < 4.78 is 7.56. The molecule has 0 radical (unpaired) electrons. The van der Waals surface area contributed by atoms with Gasteiger partial charge >= 0.3 is 0 Å². The normalized spacial score (nSPS) is 14.6. The van der Waals surface area contributed by atoms with Gasteiger partial charge in [-0.25, -0.2) is 4.99 Å². The van der Waals surface area contributed by atoms with Crippen LogP contribution >= 0.6 is 23.6 Å². The molecule has 1 aromatic heterocycles. The highest BCUT2D eigenvalue weighted by atomic mass is 32.1. The van der Waals surface area contributed by atoms with Gasteiger partial charge in [-0.15, -0.1) is 17.9 Å². The Morgan fingerprint density at radius 1 is 1.48 bits per heavy atom. The van der Waals surface area contributed by atoms with E-state index in [2.05, 4.69) is 11.6 Å². The van der Waals surface area contributed by atoms with Crippen molar-refractivity contribution < 1.29 is 14.6 Å². The lowest BCUT2D eigenvalue weighted by atomic mass is 10.1. The summed E-state index contributed by atoms with van der Waals surface area (Å²) in [7, 11) is 0. The third-order valence-electron chi connectivity index (χ3n) is 3.58. The second-order valence-corrected chi connectivity index (χ2v) is 6.95. The number of hydrogen-bond donors (Lipinski definition) is 1. The molecule has 0 atom stereocenters. The number of amides is 1. The standard InChI is InChI=1S/C18H16N2O3S2/c1-3-7-20-17(22)15(25-18(20)24)10-12-8-11-9-13(23-4-2)5-6-14(11)19-16(12)21/h3,5-6,8-10,22H,1,4,7H2,2H3/b12-10-. The number of hydrogen-bond acceptors (Lipinski definition) is 5. The topological polar surface area (TPSA) is 63.8 Å². The fourth-order valence-corrected chi connectivity index (χ4v) is 3.73. The second-order valence-electron chi connectivity index (χ2n) is 5.27. The Hall–Kier alpha value is -2.51. The molecule has 1 aliphatic heterocycles. The summed E-state index contributed by atoms with van der Waals surface area (Å²) in [4.78, 5) is 16.9. The van der Waals surface area contributed by atoms with E-state index in [9.17, 15) is 9.90 Å². The summed E-state index contributed by atoms with van der Waals surface area (Å²) in [5, 5.41) is 11.7. The molecule has 25 heavy (non-hydrogen) atoms. The molecule has 1 aromatic carbocycles. The molecule has 128 valence electrons. The number of carbonyl (C=O) groups excluding carboxylic acids is 1. The average molecular weight is 372 g/mol. The highest BCUT2D eigenvalue weighted by molar-refractivity contribution is 7.73. The van der Waals surface area contributed by atoms with Crippen molar-refractivity contribution >= 4 is 41.6 Å². The van der Waals surface area contributed by atoms with Crippen LogP contribution in [0.15, 0.2) is 41.4 Å². The molecule has 0 aliphatic carbocycles. The minimum absolute atomic E-state index is 0.0254. The first-order valence-corrected chi connectivity index (χ1v) is 8.88. The van der Waals surface area contributed by atoms with Gasteiger partial charge in [0.05, 0.1) is 16.8 Å². The van der Waals surface area contributed by atoms with E-state index in [0.717, 1.165) is 11.0 Å². The molecular weight excluding hydrogens is 356 g/mol. The number of aromatic hydroxyl groups is 1. The first-order valence-electron chi connectivity index (χ1n) is 7.66. The predicted molar refractivity (Wildman–Crippen MR) is 101 cm³/mol. The van der Waals surface area contributed by atoms with E-state index in [-0.39, 0.29) is 11.8 Å². The quantitative estimate of drug-likeness (QED) is 0.498. The van der Waals surface area contributed by atoms with Gasteiger partial charge in [-0.1, -0.05) is 6.08 Å². The molecule has 1 N–H and O–H groups in total. The van der Waals surface area contributed by atoms with Crippen LogP contribution < -0.4 is 15.3 Å². The molecule has 0 spiro atoms. The van der Waals surface area contributed by atoms with Crippen molar-refractivity contribution in [3.05, 3.63) is 55.8 Å². The maximum Gasteiger partial charge on any atom is 0.277 e. The number of fused-ring (bicyclic) bond motifs is 1. The number of benzene rings is 1. The molecular formula is C18H16N2O3S2. The Labute approximate surface area is 153 Å². The van der Waals surface area contributed by atoms with Crippen LogP contribution in [0.1, 0.15) is 11.8 Å². The van der Waals surface area contributed by atoms with Gasteiger partial charge in [0.25, 0.3) is 5.91 Å². The summed E-state index contributed by atoms with van der Waals surface area (Å²) in [5.41, 5.74) is 0.387. The lowest BCUT2D eigenvalue weighted by molar-refractivity contribution is -0.114. The summed E-state index contributed by atoms with van der Waals surface area (Å²) in [5.74, 6) is 0.389. The van der Waals surface area contributed by atoms with Crippen LogP contribution in [0.3, 0.4) is 0 Å². The third-order valence-corrected chi connectivity index (χ3v) is 4.97. The van der Waals surface area contributed by atoms with E-state index < -0.39 is 0 Å². The maximum absolute atomic E-state index is 12.3. The van der Waals surface area contributed by atoms with E-state index >= 15 is 0 Å². The fraction of sp³-hybridized carbons (Fsp3) is 0.167. The van der Waals surface area contributed by atoms with E-state index in [4.69, 9.17) is 17.0 Å². The van der Waals surface area contributed by atoms with Crippen molar-refractivity contribution in [2.75, 3.05) is 6.61 Å². The van der Waals surface area contributed by atoms with Crippen molar-refractivity contribution in [2.24, 2.45) is 4.99 Å².